The van der Waals surface area contributed by atoms with Gasteiger partial charge in [0.05, 0.1) is 17.4 Å². The summed E-state index contributed by atoms with van der Waals surface area (Å²) in [6.45, 7) is 9.30. The van der Waals surface area contributed by atoms with Gasteiger partial charge in [-0.1, -0.05) is 69.3 Å². The highest BCUT2D eigenvalue weighted by Gasteiger charge is 2.62. The Morgan fingerprint density at radius 3 is 2.30 bits per heavy atom. The molecule has 60 heavy (non-hydrogen) atoms. The van der Waals surface area contributed by atoms with Crippen molar-refractivity contribution in [3.8, 4) is 17.3 Å². The lowest BCUT2D eigenvalue weighted by molar-refractivity contribution is -0.141. The molecule has 0 unspecified atom stereocenters. The van der Waals surface area contributed by atoms with E-state index in [0.717, 1.165) is 12.1 Å². The summed E-state index contributed by atoms with van der Waals surface area (Å²) >= 11 is 0. The Kier molecular flexibility index (Phi) is 10.2. The average molecular weight is 845 g/mol. The molecule has 2 aliphatic carbocycles. The zero-order valence-electron chi connectivity index (χ0n) is 33.0. The first-order valence-corrected chi connectivity index (χ1v) is 21.1. The molecule has 3 amide bonds. The Bertz CT molecular complexity index is 2610. The number of anilines is 1. The fourth-order valence-corrected chi connectivity index (χ4v) is 9.01. The monoisotopic (exact) mass is 844 g/mol. The number of amides is 3. The minimum absolute atomic E-state index is 0.0520. The van der Waals surface area contributed by atoms with Gasteiger partial charge in [-0.15, -0.1) is 6.58 Å². The Balaban J connectivity index is 1.15. The number of hydrogen-bond acceptors (Lipinski definition) is 10. The van der Waals surface area contributed by atoms with Gasteiger partial charge < -0.3 is 24.7 Å². The molecule has 2 saturated carbocycles. The number of likely N-dealkylation sites (tertiary alicyclic amines) is 1. The Hall–Kier alpha value is -5.97. The van der Waals surface area contributed by atoms with Crippen molar-refractivity contribution in [1.29, 1.82) is 0 Å². The van der Waals surface area contributed by atoms with E-state index in [0.29, 0.717) is 35.0 Å². The molecule has 8 rings (SSSR count). The number of ether oxygens (including phenoxy) is 1. The standard InChI is InChI=1S/C43H43F3N6O7S/c1-5-25-22-42(25,40(55)51-60(56,57)29-19-20-29)50-37(53)31-21-28(23-52(31)39(54)35(41(2,3)4)47-27-11-7-6-8-12-27)58-38-34-33(30-13-9-10-14-32(30)59-34)48-36(49-38)24-15-17-26(18-16-24)43(44,45)46/h5-18,25,28-29,31,35,47H,1,19-23H2,2-4H3,(H,50,53)(H,51,55)/t25-,28-,31+,35-,42-/m1/s1. The number of halogens is 3. The molecule has 2 aromatic heterocycles. The molecule has 13 nitrogen and oxygen atoms in total. The van der Waals surface area contributed by atoms with Gasteiger partial charge in [0.1, 0.15) is 34.8 Å². The molecule has 3 fully saturated rings. The number of para-hydroxylation sites is 2. The van der Waals surface area contributed by atoms with Gasteiger partial charge >= 0.3 is 6.18 Å². The number of nitrogens with one attached hydrogen (secondary N) is 3. The fourth-order valence-electron chi connectivity index (χ4n) is 7.65. The minimum Gasteiger partial charge on any atom is -0.470 e. The molecule has 3 heterocycles. The fraction of sp³-hybridized carbons (Fsp3) is 0.372. The maximum atomic E-state index is 14.8. The van der Waals surface area contributed by atoms with Crippen LogP contribution in [0.3, 0.4) is 0 Å². The molecule has 0 spiro atoms. The molecule has 0 radical (unpaired) electrons. The summed E-state index contributed by atoms with van der Waals surface area (Å²) in [5.74, 6) is -2.59. The van der Waals surface area contributed by atoms with Crippen molar-refractivity contribution in [3.63, 3.8) is 0 Å². The highest BCUT2D eigenvalue weighted by Crippen LogP contribution is 2.46. The molecule has 1 aliphatic heterocycles. The van der Waals surface area contributed by atoms with Crippen molar-refractivity contribution in [3.05, 3.63) is 97.1 Å². The second-order valence-electron chi connectivity index (χ2n) is 16.7. The molecule has 17 heteroatoms. The van der Waals surface area contributed by atoms with Crippen LogP contribution in [0.5, 0.6) is 5.88 Å². The number of sulfonamides is 1. The summed E-state index contributed by atoms with van der Waals surface area (Å²) in [5.41, 5.74) is -1.26. The van der Waals surface area contributed by atoms with Crippen molar-refractivity contribution >= 4 is 55.5 Å². The number of fused-ring (bicyclic) bond motifs is 3. The van der Waals surface area contributed by atoms with Crippen LogP contribution in [-0.2, 0) is 30.6 Å². The number of aromatic nitrogens is 2. The van der Waals surface area contributed by atoms with Crippen LogP contribution in [0.2, 0.25) is 0 Å². The van der Waals surface area contributed by atoms with E-state index >= 15 is 0 Å². The van der Waals surface area contributed by atoms with E-state index in [1.54, 1.807) is 24.3 Å². The second kappa shape index (κ2) is 14.9. The summed E-state index contributed by atoms with van der Waals surface area (Å²) in [5, 5.41) is 6.04. The number of carbonyl (C=O) groups is 3. The van der Waals surface area contributed by atoms with E-state index in [-0.39, 0.29) is 42.2 Å². The summed E-state index contributed by atoms with van der Waals surface area (Å²) in [4.78, 5) is 53.6. The third kappa shape index (κ3) is 7.89. The zero-order chi connectivity index (χ0) is 42.8. The average Bonchev–Trinajstić information content (AvgIpc) is 4.11. The van der Waals surface area contributed by atoms with E-state index in [9.17, 15) is 36.0 Å². The molecule has 3 aliphatic rings. The topological polar surface area (TPSA) is 173 Å². The van der Waals surface area contributed by atoms with Crippen LogP contribution in [0.1, 0.15) is 52.0 Å². The Morgan fingerprint density at radius 2 is 1.67 bits per heavy atom. The first kappa shape index (κ1) is 40.8. The number of carbonyl (C=O) groups excluding carboxylic acids is 3. The third-order valence-corrected chi connectivity index (χ3v) is 13.1. The van der Waals surface area contributed by atoms with Gasteiger partial charge in [0.2, 0.25) is 27.4 Å². The van der Waals surface area contributed by atoms with E-state index in [4.69, 9.17) is 9.15 Å². The maximum Gasteiger partial charge on any atom is 0.416 e. The van der Waals surface area contributed by atoms with E-state index in [1.165, 1.54) is 23.1 Å². The lowest BCUT2D eigenvalue weighted by atomic mass is 9.85. The van der Waals surface area contributed by atoms with Crippen LogP contribution in [0.15, 0.2) is 95.9 Å². The lowest BCUT2D eigenvalue weighted by Crippen LogP contribution is -2.58. The summed E-state index contributed by atoms with van der Waals surface area (Å²) < 4.78 is 80.8. The number of rotatable bonds is 12. The van der Waals surface area contributed by atoms with Crippen molar-refractivity contribution in [2.75, 3.05) is 11.9 Å². The predicted octanol–water partition coefficient (Wildman–Crippen LogP) is 6.61. The Morgan fingerprint density at radius 1 is 0.983 bits per heavy atom. The van der Waals surface area contributed by atoms with Crippen LogP contribution in [0.25, 0.3) is 33.5 Å². The summed E-state index contributed by atoms with van der Waals surface area (Å²) in [7, 11) is -3.95. The third-order valence-electron chi connectivity index (χ3n) is 11.2. The SMILES string of the molecule is C=C[C@@H]1C[C@]1(NC(=O)[C@@H]1C[C@@H](Oc2nc(-c3ccc(C(F)(F)F)cc3)nc3c2oc2ccccc23)CN1C(=O)[C@@H](Nc1ccccc1)C(C)(C)C)C(=O)NS(=O)(=O)C1CC1. The first-order chi connectivity index (χ1) is 28.4. The molecule has 3 aromatic carbocycles. The quantitative estimate of drug-likeness (QED) is 0.116. The number of benzene rings is 3. The second-order valence-corrected chi connectivity index (χ2v) is 18.6. The van der Waals surface area contributed by atoms with Gasteiger partial charge in [0.15, 0.2) is 5.82 Å². The van der Waals surface area contributed by atoms with Crippen molar-refractivity contribution in [1.82, 2.24) is 24.9 Å². The predicted molar refractivity (Wildman–Crippen MR) is 217 cm³/mol. The largest absolute Gasteiger partial charge is 0.470 e. The van der Waals surface area contributed by atoms with Crippen LogP contribution >= 0.6 is 0 Å². The molecule has 0 bridgehead atoms. The van der Waals surface area contributed by atoms with Crippen LogP contribution in [0.4, 0.5) is 18.9 Å². The molecule has 5 atom stereocenters. The van der Waals surface area contributed by atoms with E-state index in [1.807, 2.05) is 51.1 Å². The van der Waals surface area contributed by atoms with Crippen LogP contribution in [-0.4, -0.2) is 76.5 Å². The zero-order valence-corrected chi connectivity index (χ0v) is 33.8. The van der Waals surface area contributed by atoms with E-state index < -0.39 is 79.8 Å². The van der Waals surface area contributed by atoms with Gasteiger partial charge in [0.25, 0.3) is 11.8 Å². The Labute approximate surface area is 343 Å². The van der Waals surface area contributed by atoms with Gasteiger partial charge in [0, 0.05) is 29.0 Å². The minimum atomic E-state index is -4.56. The van der Waals surface area contributed by atoms with Crippen molar-refractivity contribution < 1.29 is 45.1 Å². The molecule has 1 saturated heterocycles. The highest BCUT2D eigenvalue weighted by atomic mass is 32.2. The highest BCUT2D eigenvalue weighted by molar-refractivity contribution is 7.91. The number of furan rings is 1. The van der Waals surface area contributed by atoms with E-state index in [2.05, 4.69) is 31.9 Å². The molecule has 314 valence electrons. The van der Waals surface area contributed by atoms with Crippen LogP contribution < -0.4 is 20.1 Å². The van der Waals surface area contributed by atoms with Gasteiger partial charge in [-0.3, -0.25) is 19.1 Å². The van der Waals surface area contributed by atoms with Crippen molar-refractivity contribution in [2.24, 2.45) is 11.3 Å². The molecule has 3 N–H and O–H groups in total. The normalized spacial score (nSPS) is 22.3. The number of nitrogens with zero attached hydrogens (tertiary/aromatic N) is 3. The summed E-state index contributed by atoms with van der Waals surface area (Å²) in [6, 6.07) is 18.5. The smallest absolute Gasteiger partial charge is 0.416 e. The molecular weight excluding hydrogens is 802 g/mol. The lowest BCUT2D eigenvalue weighted by Gasteiger charge is -2.36. The van der Waals surface area contributed by atoms with Crippen molar-refractivity contribution in [2.45, 2.75) is 81.6 Å². The van der Waals surface area contributed by atoms with Gasteiger partial charge in [-0.2, -0.15) is 18.2 Å². The number of hydrogen-bond donors (Lipinski definition) is 3. The summed E-state index contributed by atoms with van der Waals surface area (Å²) in [6.07, 6.45) is -3.10. The molecule has 5 aromatic rings. The molecular formula is C43H43F3N6O7S. The van der Waals surface area contributed by atoms with Gasteiger partial charge in [-0.05, 0) is 61.1 Å². The van der Waals surface area contributed by atoms with Gasteiger partial charge in [-0.25, -0.2) is 13.4 Å². The first-order valence-electron chi connectivity index (χ1n) is 19.5. The maximum absolute atomic E-state index is 14.8. The van der Waals surface area contributed by atoms with Crippen LogP contribution in [0, 0.1) is 11.3 Å². The number of alkyl halides is 3.